The van der Waals surface area contributed by atoms with Crippen LogP contribution in [0.1, 0.15) is 11.1 Å². The quantitative estimate of drug-likeness (QED) is 0.755. The molecule has 0 spiro atoms. The van der Waals surface area contributed by atoms with Crippen molar-refractivity contribution in [1.29, 1.82) is 0 Å². The van der Waals surface area contributed by atoms with E-state index in [-0.39, 0.29) is 5.95 Å². The van der Waals surface area contributed by atoms with Crippen molar-refractivity contribution in [2.45, 2.75) is 6.42 Å². The molecule has 3 aromatic rings. The number of pyridine rings is 1. The van der Waals surface area contributed by atoms with Crippen molar-refractivity contribution in [2.75, 3.05) is 37.6 Å². The van der Waals surface area contributed by atoms with E-state index < -0.39 is 0 Å². The highest BCUT2D eigenvalue weighted by Gasteiger charge is 2.16. The molecule has 0 fully saturated rings. The second kappa shape index (κ2) is 6.19. The van der Waals surface area contributed by atoms with Crippen molar-refractivity contribution in [3.8, 4) is 5.75 Å². The van der Waals surface area contributed by atoms with Gasteiger partial charge in [0.25, 0.3) is 0 Å². The summed E-state index contributed by atoms with van der Waals surface area (Å²) in [6.07, 6.45) is 4.00. The van der Waals surface area contributed by atoms with Crippen LogP contribution in [-0.2, 0) is 6.42 Å². The summed E-state index contributed by atoms with van der Waals surface area (Å²) in [6.45, 7) is 0. The van der Waals surface area contributed by atoms with Gasteiger partial charge >= 0.3 is 0 Å². The molecule has 124 valence electrons. The van der Waals surface area contributed by atoms with Crippen LogP contribution in [0.4, 0.5) is 17.5 Å². The highest BCUT2D eigenvalue weighted by atomic mass is 16.5. The van der Waals surface area contributed by atoms with E-state index in [0.29, 0.717) is 12.2 Å². The molecule has 0 aliphatic rings. The van der Waals surface area contributed by atoms with Crippen LogP contribution in [0.2, 0.25) is 0 Å². The summed E-state index contributed by atoms with van der Waals surface area (Å²) >= 11 is 0. The minimum Gasteiger partial charge on any atom is -0.494 e. The molecule has 0 saturated carbocycles. The maximum absolute atomic E-state index is 5.98. The van der Waals surface area contributed by atoms with Gasteiger partial charge in [-0.15, -0.1) is 0 Å². The fourth-order valence-corrected chi connectivity index (χ4v) is 2.78. The average molecular weight is 324 g/mol. The molecular formula is C17H20N6O. The standard InChI is InChI=1S/C17H20N6O/c1-23(2)15-13(24-3)8-10(12-5-4-6-20-14(12)15)7-11-9-21-17(19)22-16(11)18/h4-6,8-9H,7H2,1-3H3,(H4,18,19,21,22). The van der Waals surface area contributed by atoms with E-state index in [9.17, 15) is 0 Å². The van der Waals surface area contributed by atoms with Crippen molar-refractivity contribution < 1.29 is 4.74 Å². The van der Waals surface area contributed by atoms with Gasteiger partial charge in [0.15, 0.2) is 0 Å². The topological polar surface area (TPSA) is 103 Å². The zero-order chi connectivity index (χ0) is 17.3. The normalized spacial score (nSPS) is 10.8. The first-order valence-corrected chi connectivity index (χ1v) is 7.50. The van der Waals surface area contributed by atoms with E-state index in [1.54, 1.807) is 19.5 Å². The number of ether oxygens (including phenoxy) is 1. The first-order valence-electron chi connectivity index (χ1n) is 7.50. The van der Waals surface area contributed by atoms with Crippen molar-refractivity contribution in [2.24, 2.45) is 0 Å². The molecule has 1 aromatic carbocycles. The molecule has 2 heterocycles. The van der Waals surface area contributed by atoms with Gasteiger partial charge in [-0.3, -0.25) is 4.98 Å². The van der Waals surface area contributed by atoms with Crippen LogP contribution in [0, 0.1) is 0 Å². The van der Waals surface area contributed by atoms with Gasteiger partial charge in [-0.2, -0.15) is 4.98 Å². The Morgan fingerprint density at radius 3 is 2.62 bits per heavy atom. The van der Waals surface area contributed by atoms with Gasteiger partial charge < -0.3 is 21.1 Å². The Hall–Kier alpha value is -3.09. The predicted molar refractivity (Wildman–Crippen MR) is 96.3 cm³/mol. The lowest BCUT2D eigenvalue weighted by Gasteiger charge is -2.20. The Morgan fingerprint density at radius 1 is 1.17 bits per heavy atom. The summed E-state index contributed by atoms with van der Waals surface area (Å²) in [6, 6.07) is 5.97. The van der Waals surface area contributed by atoms with Crippen LogP contribution in [0.15, 0.2) is 30.6 Å². The van der Waals surface area contributed by atoms with E-state index in [0.717, 1.165) is 33.5 Å². The number of fused-ring (bicyclic) bond motifs is 1. The van der Waals surface area contributed by atoms with Gasteiger partial charge in [0, 0.05) is 43.9 Å². The molecular weight excluding hydrogens is 304 g/mol. The monoisotopic (exact) mass is 324 g/mol. The number of nitrogens with two attached hydrogens (primary N) is 2. The molecule has 0 atom stereocenters. The smallest absolute Gasteiger partial charge is 0.221 e. The number of nitrogens with zero attached hydrogens (tertiary/aromatic N) is 4. The van der Waals surface area contributed by atoms with Gasteiger partial charge in [0.05, 0.1) is 12.6 Å². The molecule has 7 heteroatoms. The zero-order valence-electron chi connectivity index (χ0n) is 13.9. The number of anilines is 3. The summed E-state index contributed by atoms with van der Waals surface area (Å²) in [5, 5.41) is 1.04. The van der Waals surface area contributed by atoms with Crippen molar-refractivity contribution in [1.82, 2.24) is 15.0 Å². The van der Waals surface area contributed by atoms with E-state index in [2.05, 4.69) is 15.0 Å². The number of rotatable bonds is 4. The predicted octanol–water partition coefficient (Wildman–Crippen LogP) is 1.85. The lowest BCUT2D eigenvalue weighted by Crippen LogP contribution is -2.12. The highest BCUT2D eigenvalue weighted by Crippen LogP contribution is 2.37. The molecule has 0 aliphatic heterocycles. The number of hydrogen-bond acceptors (Lipinski definition) is 7. The molecule has 0 radical (unpaired) electrons. The summed E-state index contributed by atoms with van der Waals surface area (Å²) in [4.78, 5) is 14.6. The van der Waals surface area contributed by atoms with Gasteiger partial charge in [-0.1, -0.05) is 6.07 Å². The van der Waals surface area contributed by atoms with Crippen LogP contribution < -0.4 is 21.1 Å². The third-order valence-electron chi connectivity index (χ3n) is 3.88. The molecule has 0 aliphatic carbocycles. The molecule has 0 unspecified atom stereocenters. The van der Waals surface area contributed by atoms with E-state index in [4.69, 9.17) is 16.2 Å². The lowest BCUT2D eigenvalue weighted by molar-refractivity contribution is 0.415. The molecule has 0 saturated heterocycles. The number of aromatic nitrogens is 3. The van der Waals surface area contributed by atoms with Gasteiger partial charge in [0.1, 0.15) is 17.3 Å². The first-order chi connectivity index (χ1) is 11.5. The van der Waals surface area contributed by atoms with Crippen molar-refractivity contribution >= 4 is 28.4 Å². The second-order valence-corrected chi connectivity index (χ2v) is 5.70. The third-order valence-corrected chi connectivity index (χ3v) is 3.88. The Balaban J connectivity index is 2.19. The average Bonchev–Trinajstić information content (AvgIpc) is 2.56. The van der Waals surface area contributed by atoms with Crippen LogP contribution in [-0.4, -0.2) is 36.2 Å². The van der Waals surface area contributed by atoms with Crippen LogP contribution in [0.5, 0.6) is 5.75 Å². The zero-order valence-corrected chi connectivity index (χ0v) is 13.9. The first kappa shape index (κ1) is 15.8. The SMILES string of the molecule is COc1cc(Cc2cnc(N)nc2N)c2cccnc2c1N(C)C. The van der Waals surface area contributed by atoms with Crippen molar-refractivity contribution in [3.05, 3.63) is 41.7 Å². The van der Waals surface area contributed by atoms with Gasteiger partial charge in [-0.25, -0.2) is 4.98 Å². The Bertz CT molecular complexity index is 894. The van der Waals surface area contributed by atoms with E-state index >= 15 is 0 Å². The van der Waals surface area contributed by atoms with Gasteiger partial charge in [-0.05, 0) is 17.7 Å². The Labute approximate surface area is 140 Å². The molecule has 0 amide bonds. The second-order valence-electron chi connectivity index (χ2n) is 5.70. The number of nitrogen functional groups attached to an aromatic ring is 2. The third kappa shape index (κ3) is 2.76. The number of methoxy groups -OCH3 is 1. The molecule has 3 rings (SSSR count). The molecule has 24 heavy (non-hydrogen) atoms. The Kier molecular flexibility index (Phi) is 4.07. The number of benzene rings is 1. The fourth-order valence-electron chi connectivity index (χ4n) is 2.78. The van der Waals surface area contributed by atoms with Crippen LogP contribution in [0.25, 0.3) is 10.9 Å². The summed E-state index contributed by atoms with van der Waals surface area (Å²) in [7, 11) is 5.59. The molecule has 0 bridgehead atoms. The fraction of sp³-hybridized carbons (Fsp3) is 0.235. The minimum atomic E-state index is 0.170. The lowest BCUT2D eigenvalue weighted by atomic mass is 9.99. The van der Waals surface area contributed by atoms with Crippen LogP contribution in [0.3, 0.4) is 0 Å². The molecule has 4 N–H and O–H groups in total. The maximum atomic E-state index is 5.98. The maximum Gasteiger partial charge on any atom is 0.221 e. The summed E-state index contributed by atoms with van der Waals surface area (Å²) in [5.41, 5.74) is 15.2. The van der Waals surface area contributed by atoms with E-state index in [1.807, 2.05) is 37.2 Å². The summed E-state index contributed by atoms with van der Waals surface area (Å²) < 4.78 is 5.58. The van der Waals surface area contributed by atoms with E-state index in [1.165, 1.54) is 0 Å². The highest BCUT2D eigenvalue weighted by molar-refractivity contribution is 5.96. The molecule has 2 aromatic heterocycles. The number of hydrogen-bond donors (Lipinski definition) is 2. The largest absolute Gasteiger partial charge is 0.494 e. The minimum absolute atomic E-state index is 0.170. The van der Waals surface area contributed by atoms with Crippen molar-refractivity contribution in [3.63, 3.8) is 0 Å². The van der Waals surface area contributed by atoms with Crippen LogP contribution >= 0.6 is 0 Å². The molecule has 7 nitrogen and oxygen atoms in total. The van der Waals surface area contributed by atoms with Gasteiger partial charge in [0.2, 0.25) is 5.95 Å². The summed E-state index contributed by atoms with van der Waals surface area (Å²) in [5.74, 6) is 1.31. The Morgan fingerprint density at radius 2 is 1.96 bits per heavy atom.